The zero-order chi connectivity index (χ0) is 15.1. The van der Waals surface area contributed by atoms with E-state index in [-0.39, 0.29) is 12.4 Å². The van der Waals surface area contributed by atoms with E-state index in [1.807, 2.05) is 0 Å². The molecule has 1 saturated heterocycles. The minimum atomic E-state index is -0.292. The van der Waals surface area contributed by atoms with E-state index in [1.54, 1.807) is 13.2 Å². The highest BCUT2D eigenvalue weighted by atomic mass is 19.1. The van der Waals surface area contributed by atoms with Gasteiger partial charge in [-0.15, -0.1) is 0 Å². The molecule has 0 unspecified atom stereocenters. The molecule has 1 aliphatic rings. The van der Waals surface area contributed by atoms with Crippen molar-refractivity contribution in [1.29, 1.82) is 0 Å². The van der Waals surface area contributed by atoms with Crippen molar-refractivity contribution in [3.05, 3.63) is 35.1 Å². The number of piperidine rings is 1. The molecule has 0 saturated carbocycles. The number of halogens is 1. The van der Waals surface area contributed by atoms with Crippen LogP contribution < -0.4 is 0 Å². The molecule has 0 aliphatic carbocycles. The van der Waals surface area contributed by atoms with Gasteiger partial charge in [0.15, 0.2) is 0 Å². The van der Waals surface area contributed by atoms with Gasteiger partial charge in [0, 0.05) is 25.8 Å². The molecule has 0 spiro atoms. The number of rotatable bonds is 4. The number of hydrogen-bond donors (Lipinski definition) is 1. The summed E-state index contributed by atoms with van der Waals surface area (Å²) in [6, 6.07) is 4.70. The Balaban J connectivity index is 2.00. The van der Waals surface area contributed by atoms with Crippen LogP contribution in [0.15, 0.2) is 18.2 Å². The predicted octanol–water partition coefficient (Wildman–Crippen LogP) is 2.03. The van der Waals surface area contributed by atoms with Gasteiger partial charge in [-0.3, -0.25) is 4.90 Å². The third-order valence-electron chi connectivity index (χ3n) is 3.88. The summed E-state index contributed by atoms with van der Waals surface area (Å²) in [7, 11) is 1.75. The van der Waals surface area contributed by atoms with Crippen LogP contribution in [0.2, 0.25) is 0 Å². The Kier molecular flexibility index (Phi) is 6.19. The van der Waals surface area contributed by atoms with E-state index in [4.69, 9.17) is 9.84 Å². The van der Waals surface area contributed by atoms with Gasteiger partial charge in [0.2, 0.25) is 0 Å². The monoisotopic (exact) mass is 291 g/mol. The van der Waals surface area contributed by atoms with Gasteiger partial charge in [-0.2, -0.15) is 0 Å². The topological polar surface area (TPSA) is 32.7 Å². The normalized spacial score (nSPS) is 16.5. The molecule has 0 amide bonds. The van der Waals surface area contributed by atoms with E-state index in [0.29, 0.717) is 11.5 Å². The van der Waals surface area contributed by atoms with Gasteiger partial charge in [0.05, 0.1) is 0 Å². The Morgan fingerprint density at radius 1 is 1.38 bits per heavy atom. The zero-order valence-electron chi connectivity index (χ0n) is 12.4. The van der Waals surface area contributed by atoms with E-state index in [1.165, 1.54) is 12.1 Å². The van der Waals surface area contributed by atoms with Crippen molar-refractivity contribution in [2.45, 2.75) is 19.4 Å². The van der Waals surface area contributed by atoms with Crippen LogP contribution in [0.3, 0.4) is 0 Å². The van der Waals surface area contributed by atoms with Gasteiger partial charge in [-0.05, 0) is 49.5 Å². The van der Waals surface area contributed by atoms with Gasteiger partial charge in [-0.1, -0.05) is 17.9 Å². The third kappa shape index (κ3) is 4.82. The zero-order valence-corrected chi connectivity index (χ0v) is 12.4. The summed E-state index contributed by atoms with van der Waals surface area (Å²) in [6.45, 7) is 3.45. The van der Waals surface area contributed by atoms with Crippen molar-refractivity contribution < 1.29 is 14.2 Å². The number of methoxy groups -OCH3 is 1. The lowest BCUT2D eigenvalue weighted by atomic mass is 9.97. The highest BCUT2D eigenvalue weighted by molar-refractivity contribution is 5.41. The second kappa shape index (κ2) is 8.14. The summed E-state index contributed by atoms with van der Waals surface area (Å²) in [6.07, 6.45) is 2.26. The first-order chi connectivity index (χ1) is 10.2. The number of ether oxygens (including phenoxy) is 1. The number of nitrogens with zero attached hydrogens (tertiary/aromatic N) is 1. The van der Waals surface area contributed by atoms with Crippen LogP contribution in [0.1, 0.15) is 24.0 Å². The van der Waals surface area contributed by atoms with Crippen LogP contribution in [-0.4, -0.2) is 43.4 Å². The van der Waals surface area contributed by atoms with Gasteiger partial charge in [0.25, 0.3) is 0 Å². The van der Waals surface area contributed by atoms with Crippen molar-refractivity contribution in [1.82, 2.24) is 4.90 Å². The summed E-state index contributed by atoms with van der Waals surface area (Å²) in [5, 5.41) is 8.80. The SMILES string of the molecule is COCC1CCN(Cc2ccc(F)cc2C#CCO)CC1. The smallest absolute Gasteiger partial charge is 0.124 e. The van der Waals surface area contributed by atoms with Crippen molar-refractivity contribution in [2.24, 2.45) is 5.92 Å². The minimum absolute atomic E-state index is 0.210. The number of aliphatic hydroxyl groups is 1. The van der Waals surface area contributed by atoms with E-state index in [0.717, 1.165) is 44.6 Å². The van der Waals surface area contributed by atoms with Crippen LogP contribution in [0.4, 0.5) is 4.39 Å². The van der Waals surface area contributed by atoms with Crippen molar-refractivity contribution in [2.75, 3.05) is 33.4 Å². The predicted molar refractivity (Wildman–Crippen MR) is 80.2 cm³/mol. The number of aliphatic hydroxyl groups excluding tert-OH is 1. The number of likely N-dealkylation sites (tertiary alicyclic amines) is 1. The van der Waals surface area contributed by atoms with E-state index in [9.17, 15) is 4.39 Å². The van der Waals surface area contributed by atoms with Crippen LogP contribution in [0, 0.1) is 23.6 Å². The average molecular weight is 291 g/mol. The first kappa shape index (κ1) is 16.0. The summed E-state index contributed by atoms with van der Waals surface area (Å²) in [5.74, 6) is 5.79. The quantitative estimate of drug-likeness (QED) is 0.862. The number of hydrogen-bond acceptors (Lipinski definition) is 3. The highest BCUT2D eigenvalue weighted by Gasteiger charge is 2.19. The van der Waals surface area contributed by atoms with Crippen molar-refractivity contribution in [3.8, 4) is 11.8 Å². The fourth-order valence-corrected chi connectivity index (χ4v) is 2.73. The molecule has 1 aromatic carbocycles. The Morgan fingerprint density at radius 3 is 2.81 bits per heavy atom. The molecule has 1 fully saturated rings. The molecule has 114 valence electrons. The molecule has 2 rings (SSSR count). The molecule has 1 aromatic rings. The van der Waals surface area contributed by atoms with E-state index >= 15 is 0 Å². The molecule has 0 aromatic heterocycles. The molecule has 1 heterocycles. The second-order valence-electron chi connectivity index (χ2n) is 5.44. The molecular formula is C17H22FNO2. The number of benzene rings is 1. The molecule has 4 heteroatoms. The lowest BCUT2D eigenvalue weighted by Crippen LogP contribution is -2.34. The van der Waals surface area contributed by atoms with Gasteiger partial charge >= 0.3 is 0 Å². The Morgan fingerprint density at radius 2 is 2.14 bits per heavy atom. The molecule has 3 nitrogen and oxygen atoms in total. The van der Waals surface area contributed by atoms with Gasteiger partial charge < -0.3 is 9.84 Å². The maximum atomic E-state index is 13.3. The summed E-state index contributed by atoms with van der Waals surface area (Å²) < 4.78 is 18.5. The maximum absolute atomic E-state index is 13.3. The van der Waals surface area contributed by atoms with E-state index in [2.05, 4.69) is 16.7 Å². The molecule has 1 aliphatic heterocycles. The first-order valence-corrected chi connectivity index (χ1v) is 7.32. The largest absolute Gasteiger partial charge is 0.384 e. The van der Waals surface area contributed by atoms with Crippen LogP contribution in [0.5, 0.6) is 0 Å². The Bertz CT molecular complexity index is 513. The van der Waals surface area contributed by atoms with Gasteiger partial charge in [0.1, 0.15) is 12.4 Å². The second-order valence-corrected chi connectivity index (χ2v) is 5.44. The summed E-state index contributed by atoms with van der Waals surface area (Å²) in [4.78, 5) is 2.36. The van der Waals surface area contributed by atoms with Crippen LogP contribution in [-0.2, 0) is 11.3 Å². The Labute approximate surface area is 125 Å². The molecule has 0 bridgehead atoms. The van der Waals surface area contributed by atoms with Gasteiger partial charge in [-0.25, -0.2) is 4.39 Å². The van der Waals surface area contributed by atoms with E-state index < -0.39 is 0 Å². The Hall–Kier alpha value is -1.41. The van der Waals surface area contributed by atoms with Crippen molar-refractivity contribution >= 4 is 0 Å². The van der Waals surface area contributed by atoms with Crippen molar-refractivity contribution in [3.63, 3.8) is 0 Å². The standard InChI is InChI=1S/C17H22FNO2/c1-21-13-14-6-8-19(9-7-14)12-16-4-5-17(18)11-15(16)3-2-10-20/h4-5,11,14,20H,6-10,12-13H2,1H3. The molecule has 1 N–H and O–H groups in total. The molecule has 21 heavy (non-hydrogen) atoms. The highest BCUT2D eigenvalue weighted by Crippen LogP contribution is 2.20. The average Bonchev–Trinajstić information content (AvgIpc) is 2.49. The van der Waals surface area contributed by atoms with Crippen LogP contribution in [0.25, 0.3) is 0 Å². The minimum Gasteiger partial charge on any atom is -0.384 e. The fraction of sp³-hybridized carbons (Fsp3) is 0.529. The fourth-order valence-electron chi connectivity index (χ4n) is 2.73. The molecular weight excluding hydrogens is 269 g/mol. The molecule has 0 radical (unpaired) electrons. The summed E-state index contributed by atoms with van der Waals surface area (Å²) >= 11 is 0. The lowest BCUT2D eigenvalue weighted by Gasteiger charge is -2.31. The van der Waals surface area contributed by atoms with Crippen LogP contribution >= 0.6 is 0 Å². The third-order valence-corrected chi connectivity index (χ3v) is 3.88. The molecule has 0 atom stereocenters. The first-order valence-electron chi connectivity index (χ1n) is 7.32. The maximum Gasteiger partial charge on any atom is 0.124 e. The lowest BCUT2D eigenvalue weighted by molar-refractivity contribution is 0.0968. The summed E-state index contributed by atoms with van der Waals surface area (Å²) in [5.41, 5.74) is 1.69.